The molecule has 1 heterocycles. The fourth-order valence-electron chi connectivity index (χ4n) is 2.99. The van der Waals surface area contributed by atoms with E-state index in [9.17, 15) is 9.59 Å². The van der Waals surface area contributed by atoms with E-state index in [0.29, 0.717) is 17.8 Å². The number of nitrogens with zero attached hydrogens (tertiary/aromatic N) is 2. The highest BCUT2D eigenvalue weighted by Crippen LogP contribution is 2.31. The van der Waals surface area contributed by atoms with Gasteiger partial charge >= 0.3 is 6.09 Å². The lowest BCUT2D eigenvalue weighted by Crippen LogP contribution is -2.26. The lowest BCUT2D eigenvalue weighted by atomic mass is 9.96. The lowest BCUT2D eigenvalue weighted by Gasteiger charge is -2.18. The number of aliphatic imine (C=N–C) groups is 1. The van der Waals surface area contributed by atoms with Gasteiger partial charge in [0.15, 0.2) is 5.96 Å². The maximum atomic E-state index is 12.2. The van der Waals surface area contributed by atoms with Crippen molar-refractivity contribution in [2.75, 3.05) is 13.2 Å². The van der Waals surface area contributed by atoms with Gasteiger partial charge in [-0.15, -0.1) is 0 Å². The third kappa shape index (κ3) is 4.91. The summed E-state index contributed by atoms with van der Waals surface area (Å²) >= 11 is 0. The maximum absolute atomic E-state index is 12.2. The highest BCUT2D eigenvalue weighted by Gasteiger charge is 2.24. The quantitative estimate of drug-likeness (QED) is 0.428. The Labute approximate surface area is 147 Å². The number of nitrogens with one attached hydrogen (secondary N) is 1. The van der Waals surface area contributed by atoms with E-state index in [1.54, 1.807) is 6.92 Å². The molecule has 2 amide bonds. The molecule has 0 radical (unpaired) electrons. The summed E-state index contributed by atoms with van der Waals surface area (Å²) in [6.07, 6.45) is 3.29. The Morgan fingerprint density at radius 3 is 2.84 bits per heavy atom. The number of nitrogens with two attached hydrogens (primary N) is 2. The first-order valence-corrected chi connectivity index (χ1v) is 8.47. The summed E-state index contributed by atoms with van der Waals surface area (Å²) in [6.45, 7) is 4.38. The molecule has 0 saturated heterocycles. The number of aryl methyl sites for hydroxylation is 2. The average Bonchev–Trinajstić information content (AvgIpc) is 2.73. The minimum Gasteiger partial charge on any atom is -0.449 e. The number of pyridine rings is 1. The second kappa shape index (κ2) is 8.46. The van der Waals surface area contributed by atoms with Crippen LogP contribution in [0.5, 0.6) is 0 Å². The summed E-state index contributed by atoms with van der Waals surface area (Å²) in [5.41, 5.74) is 13.4. The van der Waals surface area contributed by atoms with E-state index in [1.807, 2.05) is 13.0 Å². The summed E-state index contributed by atoms with van der Waals surface area (Å²) in [4.78, 5) is 31.9. The van der Waals surface area contributed by atoms with Crippen LogP contribution in [0.15, 0.2) is 11.1 Å². The molecule has 1 unspecified atom stereocenters. The Bertz CT molecular complexity index is 683. The molecule has 1 atom stereocenters. The van der Waals surface area contributed by atoms with Crippen LogP contribution in [0.4, 0.5) is 4.79 Å². The van der Waals surface area contributed by atoms with Crippen LogP contribution in [0, 0.1) is 6.92 Å². The number of hydrogen-bond donors (Lipinski definition) is 3. The first kappa shape index (κ1) is 18.7. The Hall–Kier alpha value is -2.64. The summed E-state index contributed by atoms with van der Waals surface area (Å²) in [5.74, 6) is -0.745. The maximum Gasteiger partial charge on any atom is 0.407 e. The zero-order chi connectivity index (χ0) is 18.4. The number of fused-ring (bicyclic) bond motifs is 1. The SMILES string of the molecule is CCNC(=O)OCC1CCCCc2cc(C(=O)N=C(N)N)c(C)nc21. The van der Waals surface area contributed by atoms with E-state index < -0.39 is 12.0 Å². The molecule has 0 aromatic carbocycles. The second-order valence-electron chi connectivity index (χ2n) is 6.08. The van der Waals surface area contributed by atoms with Gasteiger partial charge in [-0.25, -0.2) is 4.79 Å². The van der Waals surface area contributed by atoms with E-state index in [2.05, 4.69) is 15.3 Å². The molecule has 2 rings (SSSR count). The Morgan fingerprint density at radius 1 is 1.40 bits per heavy atom. The predicted molar refractivity (Wildman–Crippen MR) is 94.4 cm³/mol. The minimum absolute atomic E-state index is 0.0195. The van der Waals surface area contributed by atoms with Crippen LogP contribution >= 0.6 is 0 Å². The topological polar surface area (TPSA) is 133 Å². The van der Waals surface area contributed by atoms with E-state index in [4.69, 9.17) is 16.2 Å². The fraction of sp³-hybridized carbons (Fsp3) is 0.529. The predicted octanol–water partition coefficient (Wildman–Crippen LogP) is 1.36. The molecule has 0 fully saturated rings. The van der Waals surface area contributed by atoms with Crippen LogP contribution in [0.1, 0.15) is 59.4 Å². The van der Waals surface area contributed by atoms with Crippen LogP contribution in [0.25, 0.3) is 0 Å². The van der Waals surface area contributed by atoms with Gasteiger partial charge in [0.05, 0.1) is 17.0 Å². The van der Waals surface area contributed by atoms with Gasteiger partial charge in [-0.05, 0) is 44.7 Å². The largest absolute Gasteiger partial charge is 0.449 e. The third-order valence-electron chi connectivity index (χ3n) is 4.16. The summed E-state index contributed by atoms with van der Waals surface area (Å²) in [5, 5.41) is 2.61. The van der Waals surface area contributed by atoms with Crippen molar-refractivity contribution in [2.24, 2.45) is 16.5 Å². The van der Waals surface area contributed by atoms with Crippen LogP contribution in [-0.2, 0) is 11.2 Å². The van der Waals surface area contributed by atoms with E-state index in [0.717, 1.165) is 36.9 Å². The van der Waals surface area contributed by atoms with Crippen molar-refractivity contribution >= 4 is 18.0 Å². The number of carbonyl (C=O) groups is 2. The fourth-order valence-corrected chi connectivity index (χ4v) is 2.99. The number of alkyl carbamates (subject to hydrolysis) is 1. The van der Waals surface area contributed by atoms with Gasteiger partial charge in [-0.3, -0.25) is 9.78 Å². The number of rotatable bonds is 4. The molecule has 0 spiro atoms. The van der Waals surface area contributed by atoms with Crippen molar-refractivity contribution in [2.45, 2.75) is 45.4 Å². The van der Waals surface area contributed by atoms with Crippen molar-refractivity contribution < 1.29 is 14.3 Å². The van der Waals surface area contributed by atoms with E-state index in [1.165, 1.54) is 0 Å². The van der Waals surface area contributed by atoms with Gasteiger partial charge in [0.2, 0.25) is 0 Å². The second-order valence-corrected chi connectivity index (χ2v) is 6.08. The summed E-state index contributed by atoms with van der Waals surface area (Å²) < 4.78 is 5.29. The smallest absolute Gasteiger partial charge is 0.407 e. The van der Waals surface area contributed by atoms with Crippen molar-refractivity contribution in [1.82, 2.24) is 10.3 Å². The summed E-state index contributed by atoms with van der Waals surface area (Å²) in [7, 11) is 0. The molecule has 1 aliphatic carbocycles. The van der Waals surface area contributed by atoms with Gasteiger partial charge in [-0.1, -0.05) is 6.42 Å². The van der Waals surface area contributed by atoms with Gasteiger partial charge in [0.1, 0.15) is 6.61 Å². The standard InChI is InChI=1S/C17H25N5O3/c1-3-20-17(24)25-9-12-7-5-4-6-11-8-13(10(2)21-14(11)12)15(23)22-16(18)19/h8,12H,3-7,9H2,1-2H3,(H,20,24)(H4,18,19,22,23). The summed E-state index contributed by atoms with van der Waals surface area (Å²) in [6, 6.07) is 1.82. The van der Waals surface area contributed by atoms with Gasteiger partial charge < -0.3 is 21.5 Å². The number of amides is 2. The first-order chi connectivity index (χ1) is 11.9. The van der Waals surface area contributed by atoms with E-state index >= 15 is 0 Å². The monoisotopic (exact) mass is 347 g/mol. The third-order valence-corrected chi connectivity index (χ3v) is 4.16. The number of hydrogen-bond acceptors (Lipinski definition) is 4. The van der Waals surface area contributed by atoms with Crippen molar-refractivity contribution in [3.63, 3.8) is 0 Å². The van der Waals surface area contributed by atoms with Crippen LogP contribution in [0.3, 0.4) is 0 Å². The Morgan fingerprint density at radius 2 is 2.16 bits per heavy atom. The van der Waals surface area contributed by atoms with Crippen LogP contribution < -0.4 is 16.8 Å². The van der Waals surface area contributed by atoms with E-state index in [-0.39, 0.29) is 18.5 Å². The van der Waals surface area contributed by atoms with Crippen LogP contribution in [0.2, 0.25) is 0 Å². The molecule has 1 aromatic heterocycles. The molecule has 8 nitrogen and oxygen atoms in total. The molecule has 1 aliphatic rings. The zero-order valence-electron chi connectivity index (χ0n) is 14.7. The Balaban J connectivity index is 2.27. The molecule has 5 N–H and O–H groups in total. The average molecular weight is 347 g/mol. The highest BCUT2D eigenvalue weighted by molar-refractivity contribution is 6.02. The molecule has 136 valence electrons. The Kier molecular flexibility index (Phi) is 6.32. The highest BCUT2D eigenvalue weighted by atomic mass is 16.5. The van der Waals surface area contributed by atoms with Gasteiger partial charge in [0.25, 0.3) is 5.91 Å². The minimum atomic E-state index is -0.493. The van der Waals surface area contributed by atoms with Crippen molar-refractivity contribution in [3.8, 4) is 0 Å². The number of carbonyl (C=O) groups excluding carboxylic acids is 2. The van der Waals surface area contributed by atoms with Gasteiger partial charge in [-0.2, -0.15) is 4.99 Å². The number of guanidine groups is 1. The number of ether oxygens (including phenoxy) is 1. The molecule has 0 aliphatic heterocycles. The van der Waals surface area contributed by atoms with Gasteiger partial charge in [0, 0.05) is 12.5 Å². The molecule has 8 heteroatoms. The molecular weight excluding hydrogens is 322 g/mol. The van der Waals surface area contributed by atoms with Crippen molar-refractivity contribution in [1.29, 1.82) is 0 Å². The molecule has 1 aromatic rings. The molecule has 0 bridgehead atoms. The number of aromatic nitrogens is 1. The first-order valence-electron chi connectivity index (χ1n) is 8.47. The molecule has 25 heavy (non-hydrogen) atoms. The normalized spacial score (nSPS) is 16.3. The van der Waals surface area contributed by atoms with Crippen molar-refractivity contribution in [3.05, 3.63) is 28.6 Å². The van der Waals surface area contributed by atoms with Crippen LogP contribution in [-0.4, -0.2) is 36.1 Å². The lowest BCUT2D eigenvalue weighted by molar-refractivity contribution is 0.100. The molecular formula is C17H25N5O3. The molecule has 0 saturated carbocycles. The zero-order valence-corrected chi connectivity index (χ0v) is 14.7.